The van der Waals surface area contributed by atoms with E-state index in [0.29, 0.717) is 0 Å². The first-order valence-corrected chi connectivity index (χ1v) is 6.81. The molecular weight excluding hydrogens is 220 g/mol. The molecule has 0 atom stereocenters. The van der Waals surface area contributed by atoms with Gasteiger partial charge in [0.1, 0.15) is 0 Å². The molecule has 0 unspecified atom stereocenters. The number of fused-ring (bicyclic) bond motifs is 1. The van der Waals surface area contributed by atoms with Crippen LogP contribution < -0.4 is 0 Å². The van der Waals surface area contributed by atoms with E-state index in [-0.39, 0.29) is 5.41 Å². The van der Waals surface area contributed by atoms with E-state index in [0.717, 1.165) is 32.5 Å². The Hall–Kier alpha value is -1.33. The maximum atomic E-state index is 8.96. The van der Waals surface area contributed by atoms with Crippen LogP contribution in [0.4, 0.5) is 0 Å². The fourth-order valence-corrected chi connectivity index (χ4v) is 2.52. The molecule has 1 aromatic rings. The SMILES string of the molecule is CC(C)(C#N)CCCCN1Cc2ccccc2C1. The molecule has 0 aliphatic carbocycles. The van der Waals surface area contributed by atoms with Crippen molar-refractivity contribution in [1.29, 1.82) is 5.26 Å². The fraction of sp³-hybridized carbons (Fsp3) is 0.562. The number of unbranched alkanes of at least 4 members (excludes halogenated alkanes) is 1. The third kappa shape index (κ3) is 3.34. The largest absolute Gasteiger partial charge is 0.295 e. The molecule has 0 saturated carbocycles. The molecule has 0 N–H and O–H groups in total. The Kier molecular flexibility index (Phi) is 4.04. The second-order valence-corrected chi connectivity index (χ2v) is 5.93. The van der Waals surface area contributed by atoms with Gasteiger partial charge < -0.3 is 0 Å². The highest BCUT2D eigenvalue weighted by molar-refractivity contribution is 5.30. The Morgan fingerprint density at radius 3 is 2.33 bits per heavy atom. The summed E-state index contributed by atoms with van der Waals surface area (Å²) in [6.07, 6.45) is 3.34. The third-order valence-corrected chi connectivity index (χ3v) is 3.74. The molecule has 1 aromatic carbocycles. The van der Waals surface area contributed by atoms with E-state index >= 15 is 0 Å². The predicted octanol–water partition coefficient (Wildman–Crippen LogP) is 3.72. The van der Waals surface area contributed by atoms with Crippen LogP contribution in [0, 0.1) is 16.7 Å². The zero-order chi connectivity index (χ0) is 13.0. The summed E-state index contributed by atoms with van der Waals surface area (Å²) in [6.45, 7) is 7.39. The second kappa shape index (κ2) is 5.54. The van der Waals surface area contributed by atoms with E-state index in [1.165, 1.54) is 17.5 Å². The van der Waals surface area contributed by atoms with Crippen LogP contribution in [0.3, 0.4) is 0 Å². The van der Waals surface area contributed by atoms with Gasteiger partial charge >= 0.3 is 0 Å². The normalized spacial score (nSPS) is 15.4. The quantitative estimate of drug-likeness (QED) is 0.736. The molecule has 2 heteroatoms. The lowest BCUT2D eigenvalue weighted by atomic mass is 9.89. The molecule has 0 fully saturated rings. The molecule has 0 radical (unpaired) electrons. The monoisotopic (exact) mass is 242 g/mol. The van der Waals surface area contributed by atoms with Crippen molar-refractivity contribution in [3.05, 3.63) is 35.4 Å². The minimum Gasteiger partial charge on any atom is -0.295 e. The summed E-state index contributed by atoms with van der Waals surface area (Å²) in [7, 11) is 0. The van der Waals surface area contributed by atoms with Crippen molar-refractivity contribution in [3.8, 4) is 6.07 Å². The lowest BCUT2D eigenvalue weighted by Crippen LogP contribution is -2.18. The summed E-state index contributed by atoms with van der Waals surface area (Å²) in [6, 6.07) is 11.1. The van der Waals surface area contributed by atoms with Gasteiger partial charge in [0.15, 0.2) is 0 Å². The Bertz CT molecular complexity index is 418. The molecule has 2 rings (SSSR count). The Labute approximate surface area is 110 Å². The second-order valence-electron chi connectivity index (χ2n) is 5.93. The highest BCUT2D eigenvalue weighted by atomic mass is 15.1. The van der Waals surface area contributed by atoms with E-state index in [4.69, 9.17) is 5.26 Å². The maximum absolute atomic E-state index is 8.96. The van der Waals surface area contributed by atoms with Gasteiger partial charge in [0.2, 0.25) is 0 Å². The zero-order valence-corrected chi connectivity index (χ0v) is 11.4. The smallest absolute Gasteiger partial charge is 0.0683 e. The van der Waals surface area contributed by atoms with Crippen LogP contribution in [0.2, 0.25) is 0 Å². The number of hydrogen-bond acceptors (Lipinski definition) is 2. The molecular formula is C16H22N2. The van der Waals surface area contributed by atoms with Gasteiger partial charge in [-0.2, -0.15) is 5.26 Å². The van der Waals surface area contributed by atoms with Crippen LogP contribution in [-0.2, 0) is 13.1 Å². The molecule has 96 valence electrons. The number of hydrogen-bond donors (Lipinski definition) is 0. The van der Waals surface area contributed by atoms with Crippen molar-refractivity contribution >= 4 is 0 Å². The van der Waals surface area contributed by atoms with Gasteiger partial charge in [0.25, 0.3) is 0 Å². The van der Waals surface area contributed by atoms with Gasteiger partial charge in [-0.05, 0) is 44.4 Å². The van der Waals surface area contributed by atoms with E-state index in [9.17, 15) is 0 Å². The number of nitriles is 1. The van der Waals surface area contributed by atoms with E-state index in [1.807, 2.05) is 13.8 Å². The predicted molar refractivity (Wildman–Crippen MR) is 73.8 cm³/mol. The van der Waals surface area contributed by atoms with Gasteiger partial charge in [-0.1, -0.05) is 30.7 Å². The van der Waals surface area contributed by atoms with Crippen LogP contribution in [0.25, 0.3) is 0 Å². The van der Waals surface area contributed by atoms with Gasteiger partial charge in [-0.25, -0.2) is 0 Å². The van der Waals surface area contributed by atoms with Crippen molar-refractivity contribution in [3.63, 3.8) is 0 Å². The summed E-state index contributed by atoms with van der Waals surface area (Å²) < 4.78 is 0. The Morgan fingerprint density at radius 2 is 1.78 bits per heavy atom. The van der Waals surface area contributed by atoms with Crippen LogP contribution in [0.15, 0.2) is 24.3 Å². The summed E-state index contributed by atoms with van der Waals surface area (Å²) in [5.74, 6) is 0. The lowest BCUT2D eigenvalue weighted by molar-refractivity contribution is 0.270. The van der Waals surface area contributed by atoms with Gasteiger partial charge in [0, 0.05) is 13.1 Å². The third-order valence-electron chi connectivity index (χ3n) is 3.74. The average Bonchev–Trinajstić information content (AvgIpc) is 2.77. The lowest BCUT2D eigenvalue weighted by Gasteiger charge is -2.17. The maximum Gasteiger partial charge on any atom is 0.0683 e. The van der Waals surface area contributed by atoms with Crippen molar-refractivity contribution in [1.82, 2.24) is 4.90 Å². The molecule has 1 aliphatic rings. The van der Waals surface area contributed by atoms with E-state index < -0.39 is 0 Å². The Balaban J connectivity index is 1.70. The molecule has 1 aliphatic heterocycles. The molecule has 18 heavy (non-hydrogen) atoms. The van der Waals surface area contributed by atoms with Crippen molar-refractivity contribution in [2.75, 3.05) is 6.54 Å². The minimum absolute atomic E-state index is 0.159. The zero-order valence-electron chi connectivity index (χ0n) is 11.4. The van der Waals surface area contributed by atoms with E-state index in [1.54, 1.807) is 0 Å². The van der Waals surface area contributed by atoms with Crippen molar-refractivity contribution < 1.29 is 0 Å². The molecule has 0 bridgehead atoms. The van der Waals surface area contributed by atoms with Crippen molar-refractivity contribution in [2.45, 2.75) is 46.2 Å². The van der Waals surface area contributed by atoms with E-state index in [2.05, 4.69) is 35.2 Å². The molecule has 0 aromatic heterocycles. The van der Waals surface area contributed by atoms with Crippen LogP contribution in [0.5, 0.6) is 0 Å². The molecule has 0 spiro atoms. The topological polar surface area (TPSA) is 27.0 Å². The number of nitrogens with zero attached hydrogens (tertiary/aromatic N) is 2. The van der Waals surface area contributed by atoms with Gasteiger partial charge in [-0.15, -0.1) is 0 Å². The average molecular weight is 242 g/mol. The molecule has 0 amide bonds. The van der Waals surface area contributed by atoms with Gasteiger partial charge in [-0.3, -0.25) is 4.90 Å². The first-order chi connectivity index (χ1) is 8.61. The summed E-state index contributed by atoms with van der Waals surface area (Å²) in [5.41, 5.74) is 2.80. The first-order valence-electron chi connectivity index (χ1n) is 6.81. The number of rotatable bonds is 5. The summed E-state index contributed by atoms with van der Waals surface area (Å²) in [4.78, 5) is 2.50. The van der Waals surface area contributed by atoms with Crippen molar-refractivity contribution in [2.24, 2.45) is 5.41 Å². The molecule has 2 nitrogen and oxygen atoms in total. The summed E-state index contributed by atoms with van der Waals surface area (Å²) in [5, 5.41) is 8.96. The number of benzene rings is 1. The van der Waals surface area contributed by atoms with Crippen LogP contribution in [0.1, 0.15) is 44.2 Å². The minimum atomic E-state index is -0.159. The highest BCUT2D eigenvalue weighted by Gasteiger charge is 2.19. The van der Waals surface area contributed by atoms with Crippen LogP contribution in [-0.4, -0.2) is 11.4 Å². The Morgan fingerprint density at radius 1 is 1.17 bits per heavy atom. The fourth-order valence-electron chi connectivity index (χ4n) is 2.52. The summed E-state index contributed by atoms with van der Waals surface area (Å²) >= 11 is 0. The molecule has 0 saturated heterocycles. The van der Waals surface area contributed by atoms with Gasteiger partial charge in [0.05, 0.1) is 11.5 Å². The molecule has 1 heterocycles. The standard InChI is InChI=1S/C16H22N2/c1-16(2,13-17)9-5-6-10-18-11-14-7-3-4-8-15(14)12-18/h3-4,7-8H,5-6,9-12H2,1-2H3. The first kappa shape index (κ1) is 13.1. The van der Waals surface area contributed by atoms with Crippen LogP contribution >= 0.6 is 0 Å². The highest BCUT2D eigenvalue weighted by Crippen LogP contribution is 2.24.